The van der Waals surface area contributed by atoms with Gasteiger partial charge in [0.1, 0.15) is 11.8 Å². The average Bonchev–Trinajstić information content (AvgIpc) is 3.42. The molecule has 0 aromatic heterocycles. The molecule has 1 saturated carbocycles. The molecule has 158 valence electrons. The van der Waals surface area contributed by atoms with Crippen molar-refractivity contribution in [1.82, 2.24) is 4.90 Å². The molecule has 2 aliphatic carbocycles. The van der Waals surface area contributed by atoms with E-state index in [1.165, 1.54) is 7.11 Å². The fraction of sp³-hybridized carbons (Fsp3) is 0.478. The Labute approximate surface area is 175 Å². The summed E-state index contributed by atoms with van der Waals surface area (Å²) in [7, 11) is 1.50. The predicted octanol–water partition coefficient (Wildman–Crippen LogP) is 2.25. The van der Waals surface area contributed by atoms with E-state index in [4.69, 9.17) is 9.47 Å². The SMILES string of the molecule is COc1cccc(C(=O)COC(=O)[C@@H](C(C)C)N2C(=O)[C@@H]3[C@H](C2=O)[C@H]2C=C[C@H]3C2)c1. The third-order valence-corrected chi connectivity index (χ3v) is 6.39. The van der Waals surface area contributed by atoms with Crippen molar-refractivity contribution in [3.8, 4) is 5.75 Å². The van der Waals surface area contributed by atoms with Crippen LogP contribution in [0, 0.1) is 29.6 Å². The number of ether oxygens (including phenoxy) is 2. The zero-order valence-electron chi connectivity index (χ0n) is 17.2. The van der Waals surface area contributed by atoms with E-state index < -0.39 is 18.6 Å². The molecule has 1 aromatic rings. The van der Waals surface area contributed by atoms with E-state index in [2.05, 4.69) is 0 Å². The lowest BCUT2D eigenvalue weighted by atomic mass is 9.85. The van der Waals surface area contributed by atoms with E-state index in [0.29, 0.717) is 11.3 Å². The zero-order chi connectivity index (χ0) is 21.6. The topological polar surface area (TPSA) is 90.0 Å². The first-order chi connectivity index (χ1) is 14.3. The Morgan fingerprint density at radius 3 is 2.30 bits per heavy atom. The summed E-state index contributed by atoms with van der Waals surface area (Å²) in [6, 6.07) is 5.52. The van der Waals surface area contributed by atoms with Gasteiger partial charge in [0.2, 0.25) is 11.8 Å². The predicted molar refractivity (Wildman–Crippen MR) is 106 cm³/mol. The molecule has 0 spiro atoms. The number of nitrogens with zero attached hydrogens (tertiary/aromatic N) is 1. The number of amides is 2. The van der Waals surface area contributed by atoms with Crippen molar-refractivity contribution >= 4 is 23.6 Å². The van der Waals surface area contributed by atoms with Gasteiger partial charge in [-0.3, -0.25) is 19.3 Å². The minimum absolute atomic E-state index is 0.0694. The molecular weight excluding hydrogens is 386 g/mol. The molecule has 7 heteroatoms. The summed E-state index contributed by atoms with van der Waals surface area (Å²) in [5.74, 6) is -2.13. The highest BCUT2D eigenvalue weighted by atomic mass is 16.5. The molecule has 1 heterocycles. The zero-order valence-corrected chi connectivity index (χ0v) is 17.2. The van der Waals surface area contributed by atoms with Crippen LogP contribution in [0.1, 0.15) is 30.6 Å². The summed E-state index contributed by atoms with van der Waals surface area (Å²) in [5, 5.41) is 0. The van der Waals surface area contributed by atoms with Gasteiger partial charge in [0.15, 0.2) is 12.4 Å². The van der Waals surface area contributed by atoms with Gasteiger partial charge in [0, 0.05) is 5.56 Å². The van der Waals surface area contributed by atoms with Crippen LogP contribution in [0.15, 0.2) is 36.4 Å². The van der Waals surface area contributed by atoms with Gasteiger partial charge in [-0.1, -0.05) is 38.1 Å². The normalized spacial score (nSPS) is 27.5. The number of esters is 1. The molecule has 2 amide bonds. The highest BCUT2D eigenvalue weighted by Gasteiger charge is 2.61. The first kappa shape index (κ1) is 20.3. The van der Waals surface area contributed by atoms with Crippen LogP contribution >= 0.6 is 0 Å². The van der Waals surface area contributed by atoms with Gasteiger partial charge < -0.3 is 9.47 Å². The highest BCUT2D eigenvalue weighted by Crippen LogP contribution is 2.53. The average molecular weight is 411 g/mol. The van der Waals surface area contributed by atoms with Gasteiger partial charge in [-0.05, 0) is 36.3 Å². The van der Waals surface area contributed by atoms with E-state index in [1.54, 1.807) is 38.1 Å². The van der Waals surface area contributed by atoms with Crippen molar-refractivity contribution in [3.63, 3.8) is 0 Å². The Hall–Kier alpha value is -2.96. The smallest absolute Gasteiger partial charge is 0.330 e. The first-order valence-electron chi connectivity index (χ1n) is 10.2. The number of imide groups is 1. The maximum absolute atomic E-state index is 13.1. The number of carbonyl (C=O) groups excluding carboxylic acids is 4. The van der Waals surface area contributed by atoms with Crippen LogP contribution in [0.25, 0.3) is 0 Å². The fourth-order valence-corrected chi connectivity index (χ4v) is 4.98. The van der Waals surface area contributed by atoms with Crippen molar-refractivity contribution in [2.75, 3.05) is 13.7 Å². The Bertz CT molecular complexity index is 905. The molecule has 1 aliphatic heterocycles. The van der Waals surface area contributed by atoms with Gasteiger partial charge in [-0.25, -0.2) is 4.79 Å². The molecule has 1 aromatic carbocycles. The van der Waals surface area contributed by atoms with Crippen molar-refractivity contribution in [3.05, 3.63) is 42.0 Å². The van der Waals surface area contributed by atoms with Crippen molar-refractivity contribution in [1.29, 1.82) is 0 Å². The van der Waals surface area contributed by atoms with Gasteiger partial charge in [0.25, 0.3) is 0 Å². The summed E-state index contributed by atoms with van der Waals surface area (Å²) in [4.78, 5) is 52.5. The number of rotatable bonds is 7. The third-order valence-electron chi connectivity index (χ3n) is 6.39. The number of Topliss-reactive ketones (excluding diaryl/α,β-unsaturated/α-hetero) is 1. The molecule has 0 radical (unpaired) electrons. The van der Waals surface area contributed by atoms with Crippen LogP contribution in [-0.2, 0) is 19.1 Å². The van der Waals surface area contributed by atoms with Crippen molar-refractivity contribution < 1.29 is 28.7 Å². The van der Waals surface area contributed by atoms with Gasteiger partial charge >= 0.3 is 5.97 Å². The third kappa shape index (κ3) is 3.22. The standard InChI is InChI=1S/C23H25NO6/c1-12(2)20(23(28)30-11-17(25)13-5-4-6-16(10-13)29-3)24-21(26)18-14-7-8-15(9-14)19(18)22(24)27/h4-8,10,12,14-15,18-20H,9,11H2,1-3H3/t14-,15-,18-,19+,20+/m0/s1. The maximum atomic E-state index is 13.1. The van der Waals surface area contributed by atoms with E-state index in [0.717, 1.165) is 11.3 Å². The summed E-state index contributed by atoms with van der Waals surface area (Å²) >= 11 is 0. The molecule has 2 fully saturated rings. The summed E-state index contributed by atoms with van der Waals surface area (Å²) in [6.07, 6.45) is 4.85. The summed E-state index contributed by atoms with van der Waals surface area (Å²) in [5.41, 5.74) is 0.355. The minimum atomic E-state index is -1.03. The van der Waals surface area contributed by atoms with Crippen LogP contribution in [0.4, 0.5) is 0 Å². The number of hydrogen-bond acceptors (Lipinski definition) is 6. The Kier molecular flexibility index (Phi) is 5.22. The van der Waals surface area contributed by atoms with Gasteiger partial charge in [-0.2, -0.15) is 0 Å². The second-order valence-corrected chi connectivity index (χ2v) is 8.50. The molecule has 1 saturated heterocycles. The molecule has 3 aliphatic rings. The van der Waals surface area contributed by atoms with Crippen molar-refractivity contribution in [2.24, 2.45) is 29.6 Å². The lowest BCUT2D eigenvalue weighted by Gasteiger charge is -2.28. The maximum Gasteiger partial charge on any atom is 0.330 e. The second kappa shape index (κ2) is 7.70. The van der Waals surface area contributed by atoms with E-state index >= 15 is 0 Å². The molecule has 2 bridgehead atoms. The number of carbonyl (C=O) groups is 4. The van der Waals surface area contributed by atoms with Crippen LogP contribution in [-0.4, -0.2) is 48.2 Å². The minimum Gasteiger partial charge on any atom is -0.497 e. The lowest BCUT2D eigenvalue weighted by molar-refractivity contribution is -0.160. The molecule has 7 nitrogen and oxygen atoms in total. The largest absolute Gasteiger partial charge is 0.497 e. The van der Waals surface area contributed by atoms with Crippen molar-refractivity contribution in [2.45, 2.75) is 26.3 Å². The second-order valence-electron chi connectivity index (χ2n) is 8.50. The number of likely N-dealkylation sites (tertiary alicyclic amines) is 1. The van der Waals surface area contributed by atoms with E-state index in [1.807, 2.05) is 12.2 Å². The molecule has 30 heavy (non-hydrogen) atoms. The van der Waals surface area contributed by atoms with Gasteiger partial charge in [0.05, 0.1) is 18.9 Å². The molecule has 5 atom stereocenters. The highest BCUT2D eigenvalue weighted by molar-refractivity contribution is 6.09. The summed E-state index contributed by atoms with van der Waals surface area (Å²) in [6.45, 7) is 3.06. The number of fused-ring (bicyclic) bond motifs is 5. The Morgan fingerprint density at radius 1 is 1.10 bits per heavy atom. The molecular formula is C23H25NO6. The molecule has 0 N–H and O–H groups in total. The Balaban J connectivity index is 1.47. The van der Waals surface area contributed by atoms with Gasteiger partial charge in [-0.15, -0.1) is 0 Å². The van der Waals surface area contributed by atoms with Crippen LogP contribution in [0.2, 0.25) is 0 Å². The number of methoxy groups -OCH3 is 1. The van der Waals surface area contributed by atoms with E-state index in [9.17, 15) is 19.2 Å². The van der Waals surface area contributed by atoms with Crippen LogP contribution < -0.4 is 4.74 Å². The first-order valence-corrected chi connectivity index (χ1v) is 10.2. The lowest BCUT2D eigenvalue weighted by Crippen LogP contribution is -2.50. The Morgan fingerprint density at radius 2 is 1.73 bits per heavy atom. The number of allylic oxidation sites excluding steroid dienone is 2. The molecule has 4 rings (SSSR count). The van der Waals surface area contributed by atoms with E-state index in [-0.39, 0.29) is 47.2 Å². The summed E-state index contributed by atoms with van der Waals surface area (Å²) < 4.78 is 10.4. The quantitative estimate of drug-likeness (QED) is 0.296. The van der Waals surface area contributed by atoms with Crippen LogP contribution in [0.5, 0.6) is 5.75 Å². The monoisotopic (exact) mass is 411 g/mol. The number of benzene rings is 1. The number of ketones is 1. The number of hydrogen-bond donors (Lipinski definition) is 0. The molecule has 0 unspecified atom stereocenters. The fourth-order valence-electron chi connectivity index (χ4n) is 4.98. The van der Waals surface area contributed by atoms with Crippen LogP contribution in [0.3, 0.4) is 0 Å².